The van der Waals surface area contributed by atoms with Gasteiger partial charge in [-0.2, -0.15) is 0 Å². The third-order valence-electron chi connectivity index (χ3n) is 0.211. The van der Waals surface area contributed by atoms with Crippen LogP contribution in [0.25, 0.3) is 0 Å². The molecule has 0 spiro atoms. The van der Waals surface area contributed by atoms with Gasteiger partial charge in [0, 0.05) is 17.4 Å². The number of rotatable bonds is 1. The Kier molecular flexibility index (Phi) is 5.76. The first-order chi connectivity index (χ1) is 2.56. The van der Waals surface area contributed by atoms with E-state index >= 15 is 0 Å². The Morgan fingerprint density at radius 3 is 1.71 bits per heavy atom. The summed E-state index contributed by atoms with van der Waals surface area (Å²) in [6, 6.07) is 0. The van der Waals surface area contributed by atoms with Crippen molar-refractivity contribution in [3.63, 3.8) is 0 Å². The number of hydrogen-bond donors (Lipinski definition) is 1. The van der Waals surface area contributed by atoms with Crippen molar-refractivity contribution in [1.82, 2.24) is 0 Å². The molecule has 0 aromatic heterocycles. The molecule has 44 valence electrons. The van der Waals surface area contributed by atoms with Crippen molar-refractivity contribution in [1.29, 1.82) is 0 Å². The Morgan fingerprint density at radius 2 is 1.71 bits per heavy atom. The summed E-state index contributed by atoms with van der Waals surface area (Å²) in [5.74, 6) is 0. The van der Waals surface area contributed by atoms with Crippen LogP contribution in [0.2, 0.25) is 0 Å². The second-order valence-electron chi connectivity index (χ2n) is 0.594. The third-order valence-corrected chi connectivity index (χ3v) is 2.61. The van der Waals surface area contributed by atoms with Gasteiger partial charge in [0.25, 0.3) is 0 Å². The Hall–Kier alpha value is 0.802. The van der Waals surface area contributed by atoms with Crippen molar-refractivity contribution in [2.45, 2.75) is 0 Å². The van der Waals surface area contributed by atoms with E-state index in [0.717, 1.165) is 0 Å². The third kappa shape index (κ3) is 10.9. The minimum atomic E-state index is -4.72. The molecule has 0 aromatic rings. The van der Waals surface area contributed by atoms with Crippen LogP contribution in [0, 0.1) is 0 Å². The van der Waals surface area contributed by atoms with E-state index in [9.17, 15) is 7.61 Å². The predicted octanol–water partition coefficient (Wildman–Crippen LogP) is -2.05. The van der Waals surface area contributed by atoms with Gasteiger partial charge in [0.1, 0.15) is 0 Å². The molecule has 0 saturated carbocycles. The van der Waals surface area contributed by atoms with Crippen molar-refractivity contribution in [2.24, 2.45) is 0 Å². The van der Waals surface area contributed by atoms with Gasteiger partial charge < -0.3 is 0 Å². The molecule has 0 bridgehead atoms. The van der Waals surface area contributed by atoms with Crippen LogP contribution in [0.4, 0.5) is 0 Å². The summed E-state index contributed by atoms with van der Waals surface area (Å²) in [4.78, 5) is 0. The standard InChI is InChI=1S/2Cr.H3OSi.H2O.2O/c;;1-2;;;/h;;2H3;1H2;;/q;+2;-1;;;/p-1. The maximum absolute atomic E-state index is 9.44. The monoisotopic (exact) mass is 200 g/mol. The molecule has 0 heterocycles. The molecule has 0 unspecified atom stereocenters. The van der Waals surface area contributed by atoms with Crippen LogP contribution in [-0.2, 0) is 42.1 Å². The van der Waals surface area contributed by atoms with Gasteiger partial charge in [-0.3, -0.25) is 0 Å². The van der Waals surface area contributed by atoms with Crippen molar-refractivity contribution >= 4 is 10.5 Å². The molecule has 7 heteroatoms. The SMILES string of the molecule is [Cr].[O]=[Cr](=[O])([OH])[O][SiH3]. The molecule has 7 heavy (non-hydrogen) atoms. The van der Waals surface area contributed by atoms with Crippen LogP contribution in [0.3, 0.4) is 0 Å². The normalized spacial score (nSPS) is 10.4. The molecule has 0 aliphatic heterocycles. The second kappa shape index (κ2) is 3.76. The summed E-state index contributed by atoms with van der Waals surface area (Å²) < 4.78 is 30.2. The van der Waals surface area contributed by atoms with Gasteiger partial charge in [0.2, 0.25) is 0 Å². The molecule has 0 aliphatic carbocycles. The summed E-state index contributed by atoms with van der Waals surface area (Å²) in [5.41, 5.74) is 0. The van der Waals surface area contributed by atoms with Gasteiger partial charge in [0.05, 0.1) is 0 Å². The molecule has 0 rings (SSSR count). The summed E-state index contributed by atoms with van der Waals surface area (Å²) in [6.45, 7) is 0. The van der Waals surface area contributed by atoms with Crippen molar-refractivity contribution < 1.29 is 46.2 Å². The van der Waals surface area contributed by atoms with E-state index in [-0.39, 0.29) is 27.8 Å². The van der Waals surface area contributed by atoms with Crippen LogP contribution < -0.4 is 0 Å². The van der Waals surface area contributed by atoms with Crippen LogP contribution >= 0.6 is 0 Å². The molecule has 0 fully saturated rings. The van der Waals surface area contributed by atoms with Crippen LogP contribution in [0.5, 0.6) is 0 Å². The topological polar surface area (TPSA) is 63.6 Å². The average Bonchev–Trinajstić information content (AvgIpc) is 1.35. The van der Waals surface area contributed by atoms with E-state index in [0.29, 0.717) is 0 Å². The zero-order valence-corrected chi connectivity index (χ0v) is 8.04. The molecule has 0 atom stereocenters. The molecule has 0 radical (unpaired) electrons. The molecule has 0 saturated heterocycles. The summed E-state index contributed by atoms with van der Waals surface area (Å²) in [5, 5.41) is 0. The minimum absolute atomic E-state index is 0. The summed E-state index contributed by atoms with van der Waals surface area (Å²) in [7, 11) is 0.0424. The Balaban J connectivity index is 0. The van der Waals surface area contributed by atoms with E-state index in [2.05, 4.69) is 3.48 Å². The van der Waals surface area contributed by atoms with E-state index in [4.69, 9.17) is 4.16 Å². The fraction of sp³-hybridized carbons (Fsp3) is 0. The zero-order chi connectivity index (χ0) is 5.21. The Bertz CT molecular complexity index is 112. The van der Waals surface area contributed by atoms with Crippen LogP contribution in [0.15, 0.2) is 0 Å². The first-order valence-electron chi connectivity index (χ1n) is 1.09. The van der Waals surface area contributed by atoms with E-state index in [1.54, 1.807) is 0 Å². The van der Waals surface area contributed by atoms with Crippen molar-refractivity contribution in [2.75, 3.05) is 0 Å². The summed E-state index contributed by atoms with van der Waals surface area (Å²) in [6.07, 6.45) is 0. The van der Waals surface area contributed by atoms with Crippen molar-refractivity contribution in [3.8, 4) is 0 Å². The van der Waals surface area contributed by atoms with Gasteiger partial charge in [0.15, 0.2) is 0 Å². The maximum atomic E-state index is 9.44. The Morgan fingerprint density at radius 1 is 1.57 bits per heavy atom. The first-order valence-corrected chi connectivity index (χ1v) is 4.04. The van der Waals surface area contributed by atoms with Crippen molar-refractivity contribution in [3.05, 3.63) is 0 Å². The van der Waals surface area contributed by atoms with E-state index < -0.39 is 13.6 Å². The molecule has 4 nitrogen and oxygen atoms in total. The second-order valence-corrected chi connectivity index (χ2v) is 3.83. The molecule has 1 N–H and O–H groups in total. The molecule has 0 amide bonds. The average molecular weight is 200 g/mol. The van der Waals surface area contributed by atoms with E-state index in [1.807, 2.05) is 0 Å². The van der Waals surface area contributed by atoms with Gasteiger partial charge in [-0.1, -0.05) is 0 Å². The van der Waals surface area contributed by atoms with Gasteiger partial charge >= 0.3 is 39.3 Å². The summed E-state index contributed by atoms with van der Waals surface area (Å²) >= 11 is -4.72. The fourth-order valence-electron chi connectivity index (χ4n) is 0. The molecular weight excluding hydrogens is 196 g/mol. The van der Waals surface area contributed by atoms with Crippen LogP contribution in [-0.4, -0.2) is 14.6 Å². The van der Waals surface area contributed by atoms with Crippen LogP contribution in [0.1, 0.15) is 0 Å². The fourth-order valence-corrected chi connectivity index (χ4v) is 0. The molecular formula is H4Cr2O4Si. The van der Waals surface area contributed by atoms with Gasteiger partial charge in [-0.05, 0) is 0 Å². The van der Waals surface area contributed by atoms with E-state index in [1.165, 1.54) is 0 Å². The quantitative estimate of drug-likeness (QED) is 0.495. The molecule has 0 aromatic carbocycles. The zero-order valence-electron chi connectivity index (χ0n) is 3.49. The first kappa shape index (κ1) is 10.7. The van der Waals surface area contributed by atoms with Gasteiger partial charge in [-0.15, -0.1) is 0 Å². The molecule has 0 aliphatic rings. The van der Waals surface area contributed by atoms with Gasteiger partial charge in [-0.25, -0.2) is 0 Å². The number of hydrogen-bond acceptors (Lipinski definition) is 3. The predicted molar refractivity (Wildman–Crippen MR) is 14.6 cm³/mol. The Labute approximate surface area is 56.9 Å².